The SMILES string of the molecule is Oc1ccc(C(O)CN2C[C@H]3C[C@@H](Oc4ccccc4Cl)C[C@H]3C2)nc1. The molecule has 2 N–H and O–H groups in total. The predicted molar refractivity (Wildman–Crippen MR) is 99.4 cm³/mol. The molecule has 2 fully saturated rings. The Bertz CT molecular complexity index is 741. The Balaban J connectivity index is 1.29. The highest BCUT2D eigenvalue weighted by Crippen LogP contribution is 2.41. The summed E-state index contributed by atoms with van der Waals surface area (Å²) >= 11 is 6.19. The van der Waals surface area contributed by atoms with E-state index in [1.54, 1.807) is 12.1 Å². The van der Waals surface area contributed by atoms with Crippen molar-refractivity contribution in [2.24, 2.45) is 11.8 Å². The molecule has 26 heavy (non-hydrogen) atoms. The smallest absolute Gasteiger partial charge is 0.138 e. The average Bonchev–Trinajstić information content (AvgIpc) is 3.15. The van der Waals surface area contributed by atoms with Crippen LogP contribution in [0.2, 0.25) is 5.02 Å². The number of β-amino-alcohol motifs (C(OH)–C–C–N with tert-alkyl or cyclic N) is 1. The molecule has 0 amide bonds. The molecule has 0 spiro atoms. The van der Waals surface area contributed by atoms with Crippen LogP contribution in [0.4, 0.5) is 0 Å². The Morgan fingerprint density at radius 1 is 1.15 bits per heavy atom. The fourth-order valence-electron chi connectivity index (χ4n) is 4.24. The first-order valence-corrected chi connectivity index (χ1v) is 9.43. The van der Waals surface area contributed by atoms with E-state index >= 15 is 0 Å². The van der Waals surface area contributed by atoms with Gasteiger partial charge in [-0.2, -0.15) is 0 Å². The van der Waals surface area contributed by atoms with Gasteiger partial charge in [-0.05, 0) is 48.9 Å². The van der Waals surface area contributed by atoms with Gasteiger partial charge in [0.25, 0.3) is 0 Å². The number of aliphatic hydroxyl groups is 1. The third-order valence-corrected chi connectivity index (χ3v) is 5.77. The van der Waals surface area contributed by atoms with Gasteiger partial charge in [0.1, 0.15) is 17.6 Å². The van der Waals surface area contributed by atoms with Crippen LogP contribution >= 0.6 is 11.6 Å². The number of aromatic nitrogens is 1. The van der Waals surface area contributed by atoms with Crippen molar-refractivity contribution in [2.45, 2.75) is 25.0 Å². The molecule has 1 aromatic heterocycles. The van der Waals surface area contributed by atoms with Gasteiger partial charge in [0.2, 0.25) is 0 Å². The molecule has 138 valence electrons. The van der Waals surface area contributed by atoms with Crippen molar-refractivity contribution in [3.05, 3.63) is 53.3 Å². The van der Waals surface area contributed by atoms with Crippen LogP contribution in [0.15, 0.2) is 42.6 Å². The van der Waals surface area contributed by atoms with Gasteiger partial charge in [-0.1, -0.05) is 23.7 Å². The van der Waals surface area contributed by atoms with Crippen molar-refractivity contribution < 1.29 is 14.9 Å². The van der Waals surface area contributed by atoms with Crippen molar-refractivity contribution in [3.63, 3.8) is 0 Å². The number of para-hydroxylation sites is 1. The molecule has 1 saturated heterocycles. The highest BCUT2D eigenvalue weighted by molar-refractivity contribution is 6.32. The Morgan fingerprint density at radius 2 is 1.88 bits per heavy atom. The first kappa shape index (κ1) is 17.6. The number of aliphatic hydroxyl groups excluding tert-OH is 1. The van der Waals surface area contributed by atoms with Gasteiger partial charge in [0.15, 0.2) is 0 Å². The number of rotatable bonds is 5. The maximum absolute atomic E-state index is 10.4. The van der Waals surface area contributed by atoms with E-state index in [1.807, 2.05) is 24.3 Å². The maximum Gasteiger partial charge on any atom is 0.138 e. The number of aromatic hydroxyl groups is 1. The van der Waals surface area contributed by atoms with E-state index in [4.69, 9.17) is 16.3 Å². The van der Waals surface area contributed by atoms with Crippen molar-refractivity contribution in [2.75, 3.05) is 19.6 Å². The molecule has 0 radical (unpaired) electrons. The Kier molecular flexibility index (Phi) is 5.02. The predicted octanol–water partition coefficient (Wildman–Crippen LogP) is 3.26. The second-order valence-corrected chi connectivity index (χ2v) is 7.74. The summed E-state index contributed by atoms with van der Waals surface area (Å²) in [5.41, 5.74) is 0.597. The number of hydrogen-bond acceptors (Lipinski definition) is 5. The average molecular weight is 375 g/mol. The molecule has 1 aromatic carbocycles. The zero-order chi connectivity index (χ0) is 18.1. The minimum absolute atomic E-state index is 0.112. The van der Waals surface area contributed by atoms with E-state index in [2.05, 4.69) is 9.88 Å². The van der Waals surface area contributed by atoms with Crippen LogP contribution in [0.5, 0.6) is 11.5 Å². The normalized spacial score (nSPS) is 26.6. The maximum atomic E-state index is 10.4. The number of halogens is 1. The first-order valence-electron chi connectivity index (χ1n) is 9.05. The summed E-state index contributed by atoms with van der Waals surface area (Å²) < 4.78 is 6.11. The standard InChI is InChI=1S/C20H23ClN2O3/c21-17-3-1-2-4-20(17)26-16-7-13-10-23(11-14(13)8-16)12-19(25)18-6-5-15(24)9-22-18/h1-6,9,13-14,16,19,24-25H,7-8,10-12H2/t13-,14+,16-,19?. The number of fused-ring (bicyclic) bond motifs is 1. The quantitative estimate of drug-likeness (QED) is 0.840. The summed E-state index contributed by atoms with van der Waals surface area (Å²) in [6.07, 6.45) is 3.01. The minimum atomic E-state index is -0.635. The summed E-state index contributed by atoms with van der Waals surface area (Å²) in [4.78, 5) is 6.41. The summed E-state index contributed by atoms with van der Waals surface area (Å²) in [7, 11) is 0. The number of pyridine rings is 1. The van der Waals surface area contributed by atoms with Crippen LogP contribution in [0, 0.1) is 11.8 Å². The third-order valence-electron chi connectivity index (χ3n) is 5.46. The zero-order valence-corrected chi connectivity index (χ0v) is 15.2. The third kappa shape index (κ3) is 3.80. The molecule has 6 heteroatoms. The van der Waals surface area contributed by atoms with Crippen molar-refractivity contribution in [1.29, 1.82) is 0 Å². The van der Waals surface area contributed by atoms with Crippen LogP contribution in [-0.4, -0.2) is 45.8 Å². The first-order chi connectivity index (χ1) is 12.6. The van der Waals surface area contributed by atoms with Gasteiger partial charge in [0, 0.05) is 19.6 Å². The van der Waals surface area contributed by atoms with E-state index in [9.17, 15) is 10.2 Å². The van der Waals surface area contributed by atoms with Crippen LogP contribution in [-0.2, 0) is 0 Å². The van der Waals surface area contributed by atoms with E-state index in [1.165, 1.54) is 6.20 Å². The van der Waals surface area contributed by atoms with Crippen molar-refractivity contribution >= 4 is 11.6 Å². The molecule has 4 atom stereocenters. The lowest BCUT2D eigenvalue weighted by molar-refractivity contribution is 0.113. The summed E-state index contributed by atoms with van der Waals surface area (Å²) in [5.74, 6) is 2.08. The molecule has 1 unspecified atom stereocenters. The van der Waals surface area contributed by atoms with Gasteiger partial charge >= 0.3 is 0 Å². The molecule has 4 rings (SSSR count). The number of nitrogens with zero attached hydrogens (tertiary/aromatic N) is 2. The zero-order valence-electron chi connectivity index (χ0n) is 14.5. The van der Waals surface area contributed by atoms with Gasteiger partial charge in [-0.3, -0.25) is 9.88 Å². The lowest BCUT2D eigenvalue weighted by Gasteiger charge is -2.22. The van der Waals surface area contributed by atoms with Crippen molar-refractivity contribution in [3.8, 4) is 11.5 Å². The lowest BCUT2D eigenvalue weighted by atomic mass is 10.0. The summed E-state index contributed by atoms with van der Waals surface area (Å²) in [6, 6.07) is 10.9. The highest BCUT2D eigenvalue weighted by atomic mass is 35.5. The Morgan fingerprint density at radius 3 is 2.54 bits per heavy atom. The Hall–Kier alpha value is -1.82. The minimum Gasteiger partial charge on any atom is -0.506 e. The van der Waals surface area contributed by atoms with Crippen molar-refractivity contribution in [1.82, 2.24) is 9.88 Å². The van der Waals surface area contributed by atoms with Crippen LogP contribution in [0.3, 0.4) is 0 Å². The second-order valence-electron chi connectivity index (χ2n) is 7.34. The lowest BCUT2D eigenvalue weighted by Crippen LogP contribution is -2.29. The largest absolute Gasteiger partial charge is 0.506 e. The van der Waals surface area contributed by atoms with E-state index < -0.39 is 6.10 Å². The van der Waals surface area contributed by atoms with Gasteiger partial charge in [-0.25, -0.2) is 0 Å². The summed E-state index contributed by atoms with van der Waals surface area (Å²) in [6.45, 7) is 2.52. The second kappa shape index (κ2) is 7.43. The molecule has 5 nitrogen and oxygen atoms in total. The number of hydrogen-bond donors (Lipinski definition) is 2. The number of ether oxygens (including phenoxy) is 1. The topological polar surface area (TPSA) is 65.8 Å². The Labute approximate surface area is 158 Å². The van der Waals surface area contributed by atoms with E-state index in [0.717, 1.165) is 31.7 Å². The molecule has 2 aromatic rings. The van der Waals surface area contributed by atoms with Crippen LogP contribution in [0.25, 0.3) is 0 Å². The monoisotopic (exact) mass is 374 g/mol. The van der Waals surface area contributed by atoms with Gasteiger partial charge in [-0.15, -0.1) is 0 Å². The fourth-order valence-corrected chi connectivity index (χ4v) is 4.42. The summed E-state index contributed by atoms with van der Waals surface area (Å²) in [5, 5.41) is 20.4. The molecule has 1 aliphatic heterocycles. The molecule has 1 saturated carbocycles. The number of benzene rings is 1. The molecule has 0 bridgehead atoms. The van der Waals surface area contributed by atoms with Crippen LogP contribution in [0.1, 0.15) is 24.6 Å². The molecule has 2 aliphatic rings. The van der Waals surface area contributed by atoms with E-state index in [0.29, 0.717) is 29.1 Å². The van der Waals surface area contributed by atoms with Gasteiger partial charge < -0.3 is 14.9 Å². The van der Waals surface area contributed by atoms with E-state index in [-0.39, 0.29) is 11.9 Å². The molecular weight excluding hydrogens is 352 g/mol. The fraction of sp³-hybridized carbons (Fsp3) is 0.450. The van der Waals surface area contributed by atoms with Gasteiger partial charge in [0.05, 0.1) is 23.0 Å². The van der Waals surface area contributed by atoms with Crippen LogP contribution < -0.4 is 4.74 Å². The molecule has 1 aliphatic carbocycles. The number of likely N-dealkylation sites (tertiary alicyclic amines) is 1. The highest BCUT2D eigenvalue weighted by Gasteiger charge is 2.42. The molecule has 2 heterocycles. The molecular formula is C20H23ClN2O3.